The minimum absolute atomic E-state index is 0.168. The predicted molar refractivity (Wildman–Crippen MR) is 81.9 cm³/mol. The van der Waals surface area contributed by atoms with Crippen molar-refractivity contribution in [1.82, 2.24) is 0 Å². The quantitative estimate of drug-likeness (QED) is 0.709. The van der Waals surface area contributed by atoms with E-state index in [-0.39, 0.29) is 5.38 Å². The third-order valence-corrected chi connectivity index (χ3v) is 5.11. The number of benzene rings is 1. The van der Waals surface area contributed by atoms with Crippen molar-refractivity contribution in [3.05, 3.63) is 44.1 Å². The third-order valence-electron chi connectivity index (χ3n) is 3.06. The number of hydrogen-bond donors (Lipinski definition) is 0. The first kappa shape index (κ1) is 13.3. The molecule has 5 heteroatoms. The normalized spacial score (nSPS) is 15.3. The topological polar surface area (TPSA) is 18.5 Å². The van der Waals surface area contributed by atoms with Gasteiger partial charge in [0.2, 0.25) is 0 Å². The highest BCUT2D eigenvalue weighted by Crippen LogP contribution is 2.40. The largest absolute Gasteiger partial charge is 0.486 e. The van der Waals surface area contributed by atoms with Crippen LogP contribution in [0, 0.1) is 6.92 Å². The number of hydrogen-bond acceptors (Lipinski definition) is 3. The second-order valence-corrected chi connectivity index (χ2v) is 7.40. The Morgan fingerprint density at radius 1 is 1.21 bits per heavy atom. The van der Waals surface area contributed by atoms with Crippen LogP contribution < -0.4 is 9.47 Å². The molecule has 1 aliphatic rings. The van der Waals surface area contributed by atoms with Gasteiger partial charge in [0.15, 0.2) is 11.5 Å². The van der Waals surface area contributed by atoms with Gasteiger partial charge in [-0.25, -0.2) is 0 Å². The number of thiophene rings is 1. The number of fused-ring (bicyclic) bond motifs is 1. The Labute approximate surface area is 129 Å². The van der Waals surface area contributed by atoms with E-state index in [4.69, 9.17) is 21.1 Å². The zero-order chi connectivity index (χ0) is 13.4. The lowest BCUT2D eigenvalue weighted by Gasteiger charge is -2.20. The Morgan fingerprint density at radius 2 is 1.95 bits per heavy atom. The summed E-state index contributed by atoms with van der Waals surface area (Å²) in [7, 11) is 0. The third kappa shape index (κ3) is 2.62. The van der Waals surface area contributed by atoms with Crippen molar-refractivity contribution >= 4 is 38.9 Å². The van der Waals surface area contributed by atoms with Crippen LogP contribution in [0.3, 0.4) is 0 Å². The Balaban J connectivity index is 1.95. The summed E-state index contributed by atoms with van der Waals surface area (Å²) in [5, 5.41) is -0.168. The maximum Gasteiger partial charge on any atom is 0.161 e. The minimum atomic E-state index is -0.168. The van der Waals surface area contributed by atoms with E-state index >= 15 is 0 Å². The predicted octanol–water partition coefficient (Wildman–Crippen LogP) is 4.92. The molecule has 1 aromatic carbocycles. The molecule has 1 aromatic heterocycles. The summed E-state index contributed by atoms with van der Waals surface area (Å²) in [6, 6.07) is 7.97. The van der Waals surface area contributed by atoms with Crippen molar-refractivity contribution in [3.63, 3.8) is 0 Å². The van der Waals surface area contributed by atoms with E-state index in [9.17, 15) is 0 Å². The maximum atomic E-state index is 6.58. The molecule has 0 saturated carbocycles. The van der Waals surface area contributed by atoms with Crippen LogP contribution in [-0.4, -0.2) is 13.2 Å². The molecule has 0 aliphatic carbocycles. The molecule has 0 spiro atoms. The summed E-state index contributed by atoms with van der Waals surface area (Å²) in [6.07, 6.45) is 0. The van der Waals surface area contributed by atoms with Crippen LogP contribution in [-0.2, 0) is 0 Å². The monoisotopic (exact) mass is 358 g/mol. The molecule has 0 bridgehead atoms. The molecule has 0 saturated heterocycles. The fourth-order valence-electron chi connectivity index (χ4n) is 2.11. The molecule has 0 amide bonds. The van der Waals surface area contributed by atoms with Crippen LogP contribution in [0.1, 0.15) is 21.4 Å². The smallest absolute Gasteiger partial charge is 0.161 e. The molecule has 1 atom stereocenters. The van der Waals surface area contributed by atoms with Gasteiger partial charge in [0.05, 0.1) is 9.16 Å². The van der Waals surface area contributed by atoms with Gasteiger partial charge >= 0.3 is 0 Å². The van der Waals surface area contributed by atoms with Gasteiger partial charge in [0.25, 0.3) is 0 Å². The van der Waals surface area contributed by atoms with Gasteiger partial charge in [0, 0.05) is 4.88 Å². The van der Waals surface area contributed by atoms with Crippen LogP contribution >= 0.6 is 38.9 Å². The molecule has 19 heavy (non-hydrogen) atoms. The summed E-state index contributed by atoms with van der Waals surface area (Å²) >= 11 is 11.8. The van der Waals surface area contributed by atoms with Gasteiger partial charge in [0.1, 0.15) is 13.2 Å². The van der Waals surface area contributed by atoms with Crippen LogP contribution in [0.2, 0.25) is 0 Å². The van der Waals surface area contributed by atoms with Crippen LogP contribution in [0.15, 0.2) is 28.1 Å². The van der Waals surface area contributed by atoms with E-state index < -0.39 is 0 Å². The van der Waals surface area contributed by atoms with Crippen molar-refractivity contribution in [3.8, 4) is 11.5 Å². The highest BCUT2D eigenvalue weighted by Gasteiger charge is 2.19. The number of ether oxygens (including phenoxy) is 2. The molecule has 0 radical (unpaired) electrons. The zero-order valence-corrected chi connectivity index (χ0v) is 13.4. The Hall–Kier alpha value is -0.710. The molecular formula is C14H12BrClO2S. The van der Waals surface area contributed by atoms with E-state index in [0.717, 1.165) is 26.4 Å². The van der Waals surface area contributed by atoms with Crippen molar-refractivity contribution in [2.45, 2.75) is 12.3 Å². The Bertz CT molecular complexity index is 611. The van der Waals surface area contributed by atoms with E-state index in [1.54, 1.807) is 11.3 Å². The lowest BCUT2D eigenvalue weighted by molar-refractivity contribution is 0.171. The van der Waals surface area contributed by atoms with Gasteiger partial charge in [-0.15, -0.1) is 22.9 Å². The molecule has 0 fully saturated rings. The summed E-state index contributed by atoms with van der Waals surface area (Å²) in [5.41, 5.74) is 2.16. The standard InChI is InChI=1S/C14H12BrClO2S/c1-8-10(7-13(15)19-8)14(16)9-2-3-11-12(6-9)18-5-4-17-11/h2-3,6-7,14H,4-5H2,1H3. The van der Waals surface area contributed by atoms with Gasteiger partial charge in [-0.05, 0) is 52.2 Å². The van der Waals surface area contributed by atoms with Gasteiger partial charge < -0.3 is 9.47 Å². The highest BCUT2D eigenvalue weighted by atomic mass is 79.9. The average Bonchev–Trinajstić information content (AvgIpc) is 2.76. The molecule has 2 nitrogen and oxygen atoms in total. The van der Waals surface area contributed by atoms with E-state index in [1.165, 1.54) is 4.88 Å². The van der Waals surface area contributed by atoms with Crippen LogP contribution in [0.25, 0.3) is 0 Å². The molecule has 3 rings (SSSR count). The fraction of sp³-hybridized carbons (Fsp3) is 0.286. The summed E-state index contributed by atoms with van der Waals surface area (Å²) in [5.74, 6) is 1.57. The second kappa shape index (κ2) is 5.35. The highest BCUT2D eigenvalue weighted by molar-refractivity contribution is 9.11. The number of aryl methyl sites for hydroxylation is 1. The maximum absolute atomic E-state index is 6.58. The van der Waals surface area contributed by atoms with Crippen LogP contribution in [0.5, 0.6) is 11.5 Å². The van der Waals surface area contributed by atoms with Crippen LogP contribution in [0.4, 0.5) is 0 Å². The van der Waals surface area contributed by atoms with Crippen molar-refractivity contribution < 1.29 is 9.47 Å². The summed E-state index contributed by atoms with van der Waals surface area (Å²) < 4.78 is 12.2. The molecule has 2 heterocycles. The summed E-state index contributed by atoms with van der Waals surface area (Å²) in [4.78, 5) is 1.22. The van der Waals surface area contributed by atoms with Crippen molar-refractivity contribution in [2.75, 3.05) is 13.2 Å². The molecule has 1 aliphatic heterocycles. The molecule has 100 valence electrons. The first-order chi connectivity index (χ1) is 9.15. The fourth-order valence-corrected chi connectivity index (χ4v) is 4.28. The molecule has 2 aromatic rings. The lowest BCUT2D eigenvalue weighted by atomic mass is 10.0. The van der Waals surface area contributed by atoms with E-state index in [2.05, 4.69) is 28.9 Å². The Morgan fingerprint density at radius 3 is 2.63 bits per heavy atom. The van der Waals surface area contributed by atoms with Crippen molar-refractivity contribution in [2.24, 2.45) is 0 Å². The lowest BCUT2D eigenvalue weighted by Crippen LogP contribution is -2.15. The number of halogens is 2. The SMILES string of the molecule is Cc1sc(Br)cc1C(Cl)c1ccc2c(c1)OCCO2. The first-order valence-electron chi connectivity index (χ1n) is 5.94. The van der Waals surface area contributed by atoms with Gasteiger partial charge in [-0.2, -0.15) is 0 Å². The summed E-state index contributed by atoms with van der Waals surface area (Å²) in [6.45, 7) is 3.28. The molecule has 1 unspecified atom stereocenters. The first-order valence-corrected chi connectivity index (χ1v) is 7.99. The second-order valence-electron chi connectivity index (χ2n) is 4.33. The number of rotatable bonds is 2. The van der Waals surface area contributed by atoms with Gasteiger partial charge in [-0.1, -0.05) is 6.07 Å². The van der Waals surface area contributed by atoms with E-state index in [0.29, 0.717) is 13.2 Å². The number of alkyl halides is 1. The van der Waals surface area contributed by atoms with Gasteiger partial charge in [-0.3, -0.25) is 0 Å². The zero-order valence-electron chi connectivity index (χ0n) is 10.3. The average molecular weight is 360 g/mol. The molecular weight excluding hydrogens is 348 g/mol. The molecule has 0 N–H and O–H groups in total. The van der Waals surface area contributed by atoms with E-state index in [1.807, 2.05) is 18.2 Å². The van der Waals surface area contributed by atoms with Crippen molar-refractivity contribution in [1.29, 1.82) is 0 Å². The minimum Gasteiger partial charge on any atom is -0.486 e. The Kier molecular flexibility index (Phi) is 3.74.